The van der Waals surface area contributed by atoms with E-state index in [1.54, 1.807) is 18.2 Å². The summed E-state index contributed by atoms with van der Waals surface area (Å²) in [6.07, 6.45) is 1.38. The summed E-state index contributed by atoms with van der Waals surface area (Å²) in [5.74, 6) is 0.669. The molecule has 3 aromatic rings. The highest BCUT2D eigenvalue weighted by Crippen LogP contribution is 2.31. The number of thioether (sulfide) groups is 1. The van der Waals surface area contributed by atoms with Gasteiger partial charge in [-0.25, -0.2) is 15.0 Å². The number of nitrogens with zero attached hydrogens (tertiary/aromatic N) is 4. The Balaban J connectivity index is 1.92. The Bertz CT molecular complexity index is 978. The lowest BCUT2D eigenvalue weighted by Crippen LogP contribution is -2.13. The first-order chi connectivity index (χ1) is 11.1. The van der Waals surface area contributed by atoms with Crippen molar-refractivity contribution in [2.24, 2.45) is 0 Å². The van der Waals surface area contributed by atoms with E-state index in [9.17, 15) is 4.79 Å². The topological polar surface area (TPSA) is 121 Å². The number of fused-ring (bicyclic) bond motifs is 1. The number of nitrogens with one attached hydrogen (secondary N) is 1. The number of aromatic nitrogens is 4. The molecule has 3 N–H and O–H groups in total. The minimum atomic E-state index is -0.182. The minimum Gasteiger partial charge on any atom is -0.382 e. The molecule has 2 aromatic heterocycles. The summed E-state index contributed by atoms with van der Waals surface area (Å²) < 4.78 is 0. The number of nitrogens with two attached hydrogens (primary N) is 1. The van der Waals surface area contributed by atoms with Gasteiger partial charge in [-0.1, -0.05) is 23.9 Å². The molecule has 114 valence electrons. The fourth-order valence-electron chi connectivity index (χ4n) is 2.03. The van der Waals surface area contributed by atoms with Gasteiger partial charge >= 0.3 is 0 Å². The van der Waals surface area contributed by atoms with Crippen LogP contribution in [0.25, 0.3) is 10.9 Å². The molecule has 2 heterocycles. The Morgan fingerprint density at radius 2 is 2.13 bits per heavy atom. The molecule has 0 saturated heterocycles. The van der Waals surface area contributed by atoms with Crippen LogP contribution >= 0.6 is 11.8 Å². The first kappa shape index (κ1) is 15.0. The van der Waals surface area contributed by atoms with Crippen molar-refractivity contribution in [3.05, 3.63) is 52.2 Å². The Labute approximate surface area is 135 Å². The van der Waals surface area contributed by atoms with Crippen LogP contribution in [0, 0.1) is 11.3 Å². The standard InChI is InChI=1S/C15H12N6OS/c1-8(23-15-18-7-9(6-16)12(17)20-15)13-19-11-5-3-2-4-10(11)14(22)21-13/h2-5,7-8H,1H3,(H2,17,18,20)(H,19,21,22). The number of hydrogen-bond acceptors (Lipinski definition) is 7. The van der Waals surface area contributed by atoms with Gasteiger partial charge in [-0.3, -0.25) is 4.79 Å². The summed E-state index contributed by atoms with van der Waals surface area (Å²) >= 11 is 1.30. The third kappa shape index (κ3) is 3.00. The molecule has 7 nitrogen and oxygen atoms in total. The predicted octanol–water partition coefficient (Wildman–Crippen LogP) is 2.02. The number of H-pyrrole nitrogens is 1. The summed E-state index contributed by atoms with van der Waals surface area (Å²) in [5.41, 5.74) is 6.38. The molecule has 23 heavy (non-hydrogen) atoms. The molecule has 0 aliphatic carbocycles. The molecule has 0 spiro atoms. The average molecular weight is 324 g/mol. The summed E-state index contributed by atoms with van der Waals surface area (Å²) in [6, 6.07) is 9.07. The van der Waals surface area contributed by atoms with Crippen molar-refractivity contribution in [2.75, 3.05) is 5.73 Å². The van der Waals surface area contributed by atoms with Crippen molar-refractivity contribution in [1.29, 1.82) is 5.26 Å². The van der Waals surface area contributed by atoms with Crippen LogP contribution in [-0.2, 0) is 0 Å². The third-order valence-corrected chi connectivity index (χ3v) is 4.20. The number of nitriles is 1. The Morgan fingerprint density at radius 3 is 2.87 bits per heavy atom. The second-order valence-corrected chi connectivity index (χ2v) is 6.10. The van der Waals surface area contributed by atoms with Crippen LogP contribution in [0.1, 0.15) is 23.6 Å². The SMILES string of the molecule is CC(Sc1ncc(C#N)c(N)n1)c1nc2ccccc2c(=O)[nH]1. The van der Waals surface area contributed by atoms with E-state index in [1.165, 1.54) is 18.0 Å². The van der Waals surface area contributed by atoms with Crippen LogP contribution in [0.2, 0.25) is 0 Å². The van der Waals surface area contributed by atoms with Gasteiger partial charge in [-0.05, 0) is 19.1 Å². The van der Waals surface area contributed by atoms with Crippen LogP contribution in [0.5, 0.6) is 0 Å². The van der Waals surface area contributed by atoms with Crippen LogP contribution < -0.4 is 11.3 Å². The predicted molar refractivity (Wildman–Crippen MR) is 87.8 cm³/mol. The number of hydrogen-bond donors (Lipinski definition) is 2. The van der Waals surface area contributed by atoms with Gasteiger partial charge in [0.15, 0.2) is 5.16 Å². The summed E-state index contributed by atoms with van der Waals surface area (Å²) in [4.78, 5) is 27.5. The molecular weight excluding hydrogens is 312 g/mol. The molecule has 0 saturated carbocycles. The highest BCUT2D eigenvalue weighted by Gasteiger charge is 2.14. The summed E-state index contributed by atoms with van der Waals surface area (Å²) in [5, 5.41) is 9.62. The third-order valence-electron chi connectivity index (χ3n) is 3.22. The highest BCUT2D eigenvalue weighted by molar-refractivity contribution is 7.99. The molecule has 0 aliphatic heterocycles. The van der Waals surface area contributed by atoms with Crippen molar-refractivity contribution in [3.8, 4) is 6.07 Å². The van der Waals surface area contributed by atoms with Crippen molar-refractivity contribution in [3.63, 3.8) is 0 Å². The Kier molecular flexibility index (Phi) is 3.95. The van der Waals surface area contributed by atoms with Gasteiger partial charge in [-0.2, -0.15) is 5.26 Å². The van der Waals surface area contributed by atoms with E-state index >= 15 is 0 Å². The largest absolute Gasteiger partial charge is 0.382 e. The number of rotatable bonds is 3. The summed E-state index contributed by atoms with van der Waals surface area (Å²) in [6.45, 7) is 1.88. The Morgan fingerprint density at radius 1 is 1.35 bits per heavy atom. The smallest absolute Gasteiger partial charge is 0.258 e. The second-order valence-electron chi connectivity index (χ2n) is 4.79. The van der Waals surface area contributed by atoms with Crippen LogP contribution in [0.4, 0.5) is 5.82 Å². The van der Waals surface area contributed by atoms with E-state index in [2.05, 4.69) is 19.9 Å². The van der Waals surface area contributed by atoms with Crippen molar-refractivity contribution >= 4 is 28.5 Å². The fourth-order valence-corrected chi connectivity index (χ4v) is 2.84. The van der Waals surface area contributed by atoms with Crippen molar-refractivity contribution < 1.29 is 0 Å². The Hall–Kier alpha value is -2.92. The second kappa shape index (κ2) is 6.06. The van der Waals surface area contributed by atoms with Gasteiger partial charge in [0.05, 0.1) is 22.3 Å². The van der Waals surface area contributed by atoms with E-state index in [4.69, 9.17) is 11.0 Å². The maximum atomic E-state index is 12.1. The zero-order chi connectivity index (χ0) is 16.4. The lowest BCUT2D eigenvalue weighted by Gasteiger charge is -2.10. The van der Waals surface area contributed by atoms with Crippen molar-refractivity contribution in [2.45, 2.75) is 17.3 Å². The van der Waals surface area contributed by atoms with Gasteiger partial charge in [0.1, 0.15) is 23.3 Å². The van der Waals surface area contributed by atoms with Crippen LogP contribution in [0.15, 0.2) is 40.4 Å². The van der Waals surface area contributed by atoms with Gasteiger partial charge < -0.3 is 10.7 Å². The number of anilines is 1. The molecule has 0 fully saturated rings. The van der Waals surface area contributed by atoms with Gasteiger partial charge in [0.25, 0.3) is 5.56 Å². The maximum absolute atomic E-state index is 12.1. The van der Waals surface area contributed by atoms with E-state index in [1.807, 2.05) is 19.1 Å². The first-order valence-corrected chi connectivity index (χ1v) is 7.64. The van der Waals surface area contributed by atoms with Crippen molar-refractivity contribution in [1.82, 2.24) is 19.9 Å². The molecule has 0 amide bonds. The van der Waals surface area contributed by atoms with Gasteiger partial charge in [0, 0.05) is 0 Å². The molecule has 1 aromatic carbocycles. The average Bonchev–Trinajstić information content (AvgIpc) is 2.55. The molecule has 0 radical (unpaired) electrons. The molecule has 1 unspecified atom stereocenters. The van der Waals surface area contributed by atoms with E-state index < -0.39 is 0 Å². The molecule has 8 heteroatoms. The van der Waals surface area contributed by atoms with Crippen LogP contribution in [0.3, 0.4) is 0 Å². The lowest BCUT2D eigenvalue weighted by molar-refractivity contribution is 0.901. The maximum Gasteiger partial charge on any atom is 0.258 e. The quantitative estimate of drug-likeness (QED) is 0.558. The molecule has 3 rings (SSSR count). The molecule has 0 bridgehead atoms. The van der Waals surface area contributed by atoms with Gasteiger partial charge in [-0.15, -0.1) is 0 Å². The van der Waals surface area contributed by atoms with E-state index in [-0.39, 0.29) is 22.2 Å². The fraction of sp³-hybridized carbons (Fsp3) is 0.133. The van der Waals surface area contributed by atoms with E-state index in [0.29, 0.717) is 21.9 Å². The number of aromatic amines is 1. The molecule has 1 atom stereocenters. The normalized spacial score (nSPS) is 12.0. The van der Waals surface area contributed by atoms with Gasteiger partial charge in [0.2, 0.25) is 0 Å². The molecule has 0 aliphatic rings. The zero-order valence-electron chi connectivity index (χ0n) is 12.1. The highest BCUT2D eigenvalue weighted by atomic mass is 32.2. The molecular formula is C15H12N6OS. The monoisotopic (exact) mass is 324 g/mol. The lowest BCUT2D eigenvalue weighted by atomic mass is 10.2. The number of para-hydroxylation sites is 1. The zero-order valence-corrected chi connectivity index (χ0v) is 13.0. The van der Waals surface area contributed by atoms with E-state index in [0.717, 1.165) is 0 Å². The summed E-state index contributed by atoms with van der Waals surface area (Å²) in [7, 11) is 0. The minimum absolute atomic E-state index is 0.136. The number of benzene rings is 1. The van der Waals surface area contributed by atoms with Crippen LogP contribution in [-0.4, -0.2) is 19.9 Å². The first-order valence-electron chi connectivity index (χ1n) is 6.76. The number of nitrogen functional groups attached to an aromatic ring is 1.